The summed E-state index contributed by atoms with van der Waals surface area (Å²) in [5, 5.41) is 0. The average Bonchev–Trinajstić information content (AvgIpc) is 2.52. The molecule has 5 heteroatoms. The van der Waals surface area contributed by atoms with Crippen molar-refractivity contribution in [2.24, 2.45) is 16.8 Å². The number of likely N-dealkylation sites (N-methyl/N-ethyl adjacent to an activating group) is 1. The Kier molecular flexibility index (Phi) is 6.43. The monoisotopic (exact) mass is 255 g/mol. The maximum Gasteiger partial charge on any atom is 0.208 e. The summed E-state index contributed by atoms with van der Waals surface area (Å²) < 4.78 is 0. The molecule has 1 saturated heterocycles. The van der Waals surface area contributed by atoms with Gasteiger partial charge in [-0.15, -0.1) is 0 Å². The molecule has 0 aromatic carbocycles. The Morgan fingerprint density at radius 2 is 2.17 bits per heavy atom. The molecule has 18 heavy (non-hydrogen) atoms. The number of aliphatic imine (C=N–C) groups is 1. The minimum atomic E-state index is 0.500. The Morgan fingerprint density at radius 3 is 2.72 bits per heavy atom. The molecule has 0 saturated carbocycles. The first-order valence-corrected chi connectivity index (χ1v) is 7.04. The van der Waals surface area contributed by atoms with Crippen LogP contribution in [0.4, 0.5) is 0 Å². The Hall–Kier alpha value is -0.810. The second-order valence-electron chi connectivity index (χ2n) is 5.57. The number of guanidine groups is 1. The fraction of sp³-hybridized carbons (Fsp3) is 0.923. The predicted molar refractivity (Wildman–Crippen MR) is 77.4 cm³/mol. The van der Waals surface area contributed by atoms with Crippen molar-refractivity contribution in [3.8, 4) is 0 Å². The third kappa shape index (κ3) is 4.46. The molecule has 0 aromatic rings. The van der Waals surface area contributed by atoms with Gasteiger partial charge in [0.05, 0.1) is 0 Å². The van der Waals surface area contributed by atoms with Crippen molar-refractivity contribution in [1.82, 2.24) is 15.2 Å². The van der Waals surface area contributed by atoms with E-state index in [9.17, 15) is 0 Å². The Labute approximate surface area is 111 Å². The van der Waals surface area contributed by atoms with Gasteiger partial charge < -0.3 is 9.80 Å². The van der Waals surface area contributed by atoms with Crippen molar-refractivity contribution in [2.75, 3.05) is 33.2 Å². The van der Waals surface area contributed by atoms with Crippen molar-refractivity contribution in [3.05, 3.63) is 0 Å². The van der Waals surface area contributed by atoms with Crippen LogP contribution in [0.5, 0.6) is 0 Å². The van der Waals surface area contributed by atoms with Gasteiger partial charge in [-0.1, -0.05) is 20.8 Å². The van der Waals surface area contributed by atoms with E-state index in [0.717, 1.165) is 45.0 Å². The molecule has 1 heterocycles. The zero-order valence-corrected chi connectivity index (χ0v) is 12.3. The van der Waals surface area contributed by atoms with Crippen molar-refractivity contribution in [3.63, 3.8) is 0 Å². The van der Waals surface area contributed by atoms with Crippen molar-refractivity contribution >= 4 is 5.96 Å². The first-order chi connectivity index (χ1) is 8.58. The molecular formula is C13H29N5. The molecule has 1 atom stereocenters. The maximum absolute atomic E-state index is 5.66. The van der Waals surface area contributed by atoms with Crippen LogP contribution in [0.1, 0.15) is 33.6 Å². The number of nitrogens with one attached hydrogen (secondary N) is 1. The molecule has 106 valence electrons. The molecule has 0 spiro atoms. The van der Waals surface area contributed by atoms with E-state index in [1.165, 1.54) is 0 Å². The van der Waals surface area contributed by atoms with Crippen LogP contribution in [0.25, 0.3) is 0 Å². The van der Waals surface area contributed by atoms with Gasteiger partial charge in [0.25, 0.3) is 0 Å². The third-order valence-electron chi connectivity index (χ3n) is 3.38. The number of hydrazine groups is 1. The highest BCUT2D eigenvalue weighted by Crippen LogP contribution is 2.12. The third-order valence-corrected chi connectivity index (χ3v) is 3.38. The quantitative estimate of drug-likeness (QED) is 0.340. The number of hydrogen-bond donors (Lipinski definition) is 2. The number of rotatable bonds is 3. The molecule has 1 unspecified atom stereocenters. The van der Waals surface area contributed by atoms with Crippen LogP contribution < -0.4 is 11.3 Å². The molecule has 0 radical (unpaired) electrons. The highest BCUT2D eigenvalue weighted by Gasteiger charge is 2.24. The molecule has 0 amide bonds. The Morgan fingerprint density at radius 1 is 1.44 bits per heavy atom. The van der Waals surface area contributed by atoms with Gasteiger partial charge in [-0.2, -0.15) is 0 Å². The molecule has 1 aliphatic rings. The van der Waals surface area contributed by atoms with E-state index in [1.54, 1.807) is 0 Å². The normalized spacial score (nSPS) is 23.3. The lowest BCUT2D eigenvalue weighted by Crippen LogP contribution is -2.51. The van der Waals surface area contributed by atoms with Crippen LogP contribution in [0, 0.1) is 5.92 Å². The summed E-state index contributed by atoms with van der Waals surface area (Å²) in [6, 6.07) is 0.500. The fourth-order valence-corrected chi connectivity index (χ4v) is 2.36. The summed E-state index contributed by atoms with van der Waals surface area (Å²) in [6.45, 7) is 10.7. The molecule has 1 rings (SSSR count). The standard InChI is InChI=1S/C13H29N5/c1-5-12-10-17(4)7-6-8-18(12)13(16-14)15-9-11(2)3/h11-12H,5-10,14H2,1-4H3,(H,15,16). The first-order valence-electron chi connectivity index (χ1n) is 7.04. The topological polar surface area (TPSA) is 56.9 Å². The lowest BCUT2D eigenvalue weighted by atomic mass is 10.2. The molecule has 0 bridgehead atoms. The Bertz CT molecular complexity index is 264. The van der Waals surface area contributed by atoms with E-state index in [2.05, 4.69) is 48.0 Å². The molecule has 3 N–H and O–H groups in total. The summed E-state index contributed by atoms with van der Waals surface area (Å²) in [5.41, 5.74) is 2.79. The van der Waals surface area contributed by atoms with Crippen LogP contribution in [-0.4, -0.2) is 55.0 Å². The van der Waals surface area contributed by atoms with E-state index in [4.69, 9.17) is 5.84 Å². The van der Waals surface area contributed by atoms with Crippen LogP contribution in [-0.2, 0) is 0 Å². The van der Waals surface area contributed by atoms with E-state index >= 15 is 0 Å². The van der Waals surface area contributed by atoms with Gasteiger partial charge in [0.2, 0.25) is 5.96 Å². The molecule has 5 nitrogen and oxygen atoms in total. The van der Waals surface area contributed by atoms with Gasteiger partial charge >= 0.3 is 0 Å². The van der Waals surface area contributed by atoms with Crippen molar-refractivity contribution in [1.29, 1.82) is 0 Å². The lowest BCUT2D eigenvalue weighted by molar-refractivity contribution is 0.258. The Balaban J connectivity index is 2.77. The van der Waals surface area contributed by atoms with E-state index in [1.807, 2.05) is 0 Å². The molecule has 1 aliphatic heterocycles. The van der Waals surface area contributed by atoms with Crippen molar-refractivity contribution in [2.45, 2.75) is 39.7 Å². The van der Waals surface area contributed by atoms with Crippen molar-refractivity contribution < 1.29 is 0 Å². The predicted octanol–water partition coefficient (Wildman–Crippen LogP) is 0.878. The zero-order chi connectivity index (χ0) is 13.5. The molecule has 0 aromatic heterocycles. The van der Waals surface area contributed by atoms with Crippen LogP contribution in [0.3, 0.4) is 0 Å². The largest absolute Gasteiger partial charge is 0.338 e. The summed E-state index contributed by atoms with van der Waals surface area (Å²) in [5.74, 6) is 7.07. The lowest BCUT2D eigenvalue weighted by Gasteiger charge is -2.32. The van der Waals surface area contributed by atoms with Crippen LogP contribution in [0.2, 0.25) is 0 Å². The average molecular weight is 255 g/mol. The van der Waals surface area contributed by atoms with Gasteiger partial charge in [-0.3, -0.25) is 10.4 Å². The molecular weight excluding hydrogens is 226 g/mol. The van der Waals surface area contributed by atoms with Gasteiger partial charge in [-0.25, -0.2) is 5.84 Å². The first kappa shape index (κ1) is 15.2. The summed E-state index contributed by atoms with van der Waals surface area (Å²) in [4.78, 5) is 9.35. The number of nitrogens with zero attached hydrogens (tertiary/aromatic N) is 3. The van der Waals surface area contributed by atoms with E-state index in [-0.39, 0.29) is 0 Å². The summed E-state index contributed by atoms with van der Waals surface area (Å²) >= 11 is 0. The summed E-state index contributed by atoms with van der Waals surface area (Å²) in [6.07, 6.45) is 2.28. The van der Waals surface area contributed by atoms with E-state index in [0.29, 0.717) is 12.0 Å². The second kappa shape index (κ2) is 7.59. The minimum absolute atomic E-state index is 0.500. The van der Waals surface area contributed by atoms with Crippen LogP contribution >= 0.6 is 0 Å². The number of hydrogen-bond acceptors (Lipinski definition) is 3. The van der Waals surface area contributed by atoms with Gasteiger partial charge in [0.1, 0.15) is 0 Å². The van der Waals surface area contributed by atoms with Crippen LogP contribution in [0.15, 0.2) is 4.99 Å². The molecule has 1 fully saturated rings. The molecule has 0 aliphatic carbocycles. The van der Waals surface area contributed by atoms with Gasteiger partial charge in [0, 0.05) is 25.7 Å². The smallest absolute Gasteiger partial charge is 0.208 e. The fourth-order valence-electron chi connectivity index (χ4n) is 2.36. The highest BCUT2D eigenvalue weighted by atomic mass is 15.4. The highest BCUT2D eigenvalue weighted by molar-refractivity contribution is 5.79. The minimum Gasteiger partial charge on any atom is -0.338 e. The zero-order valence-electron chi connectivity index (χ0n) is 12.3. The summed E-state index contributed by atoms with van der Waals surface area (Å²) in [7, 11) is 2.19. The van der Waals surface area contributed by atoms with E-state index < -0.39 is 0 Å². The SMILES string of the molecule is CCC1CN(C)CCCN1C(=NCC(C)C)NN. The number of nitrogens with two attached hydrogens (primary N) is 1. The second-order valence-corrected chi connectivity index (χ2v) is 5.57. The van der Waals surface area contributed by atoms with Gasteiger partial charge in [0.15, 0.2) is 0 Å². The van der Waals surface area contributed by atoms with Gasteiger partial charge in [-0.05, 0) is 32.4 Å². The maximum atomic E-state index is 5.66.